The molecule has 0 amide bonds. The third-order valence-electron chi connectivity index (χ3n) is 4.73. The van der Waals surface area contributed by atoms with Gasteiger partial charge in [0, 0.05) is 0 Å². The first-order valence-corrected chi connectivity index (χ1v) is 15.5. The molecule has 0 saturated carbocycles. The Kier molecular flexibility index (Phi) is 5.74. The van der Waals surface area contributed by atoms with Gasteiger partial charge in [0.1, 0.15) is 0 Å². The van der Waals surface area contributed by atoms with Crippen LogP contribution in [0.25, 0.3) is 10.6 Å². The van der Waals surface area contributed by atoms with Gasteiger partial charge in [-0.3, -0.25) is 0 Å². The number of carbonyl (C=O) groups is 1. The maximum atomic E-state index is 13.1. The summed E-state index contributed by atoms with van der Waals surface area (Å²) in [6, 6.07) is 14.0. The minimum atomic E-state index is -4.02. The van der Waals surface area contributed by atoms with Crippen molar-refractivity contribution in [1.82, 2.24) is 9.88 Å². The van der Waals surface area contributed by atoms with Crippen LogP contribution in [0.15, 0.2) is 57.3 Å². The van der Waals surface area contributed by atoms with E-state index in [0.717, 1.165) is 16.9 Å². The van der Waals surface area contributed by atoms with Gasteiger partial charge in [-0.25, -0.2) is 0 Å². The number of hydrogen-bond donors (Lipinski definition) is 2. The number of aromatic nitrogens is 1. The van der Waals surface area contributed by atoms with Crippen molar-refractivity contribution in [2.24, 2.45) is 0 Å². The molecule has 4 rings (SSSR count). The van der Waals surface area contributed by atoms with Gasteiger partial charge in [0.2, 0.25) is 0 Å². The number of aliphatic carboxylic acids is 1. The second-order valence-electron chi connectivity index (χ2n) is 6.64. The molecule has 0 aliphatic carbocycles. The molecule has 3 heterocycles. The zero-order valence-corrected chi connectivity index (χ0v) is 19.8. The van der Waals surface area contributed by atoms with E-state index < -0.39 is 39.4 Å². The molecule has 0 spiro atoms. The molecule has 0 radical (unpaired) electrons. The number of alkyl halides is 3. The number of nitrogens with one attached hydrogen (secondary N) is 1. The van der Waals surface area contributed by atoms with Crippen LogP contribution in [0.4, 0.5) is 0 Å². The van der Waals surface area contributed by atoms with Crippen LogP contribution in [-0.2, 0) is 26.2 Å². The van der Waals surface area contributed by atoms with Crippen molar-refractivity contribution in [2.45, 2.75) is 18.3 Å². The predicted molar refractivity (Wildman–Crippen MR) is 120 cm³/mol. The van der Waals surface area contributed by atoms with Crippen LogP contribution in [0.5, 0.6) is 0 Å². The molecule has 1 aliphatic heterocycles. The standard InChI is InChI=1S/C19H19IN2O6S2/c1-20-17(12-6-4-3-5-7-12)19(20,18(23)24)22-30(25,26)16-9-8-15(29-16)14-10-13(11-27-2)28-21-14/h3-10,17,22H,11H2,1-2H3,(H,23,24)/t17-,19+/m1/s1. The summed E-state index contributed by atoms with van der Waals surface area (Å²) < 4.78 is 37.1. The van der Waals surface area contributed by atoms with Gasteiger partial charge in [-0.15, -0.1) is 0 Å². The maximum absolute atomic E-state index is 13.1. The van der Waals surface area contributed by atoms with Gasteiger partial charge < -0.3 is 0 Å². The van der Waals surface area contributed by atoms with Gasteiger partial charge in [-0.2, -0.15) is 0 Å². The molecule has 1 fully saturated rings. The van der Waals surface area contributed by atoms with E-state index in [2.05, 4.69) is 9.88 Å². The summed E-state index contributed by atoms with van der Waals surface area (Å²) in [5, 5.41) is 13.9. The molecule has 8 nitrogen and oxygen atoms in total. The molecular formula is C19H19IN2O6S2. The molecule has 1 saturated heterocycles. The summed E-state index contributed by atoms with van der Waals surface area (Å²) in [6.45, 7) is 0.260. The van der Waals surface area contributed by atoms with Gasteiger partial charge in [-0.05, 0) is 0 Å². The molecular weight excluding hydrogens is 543 g/mol. The van der Waals surface area contributed by atoms with Crippen molar-refractivity contribution in [1.29, 1.82) is 0 Å². The Hall–Kier alpha value is -1.80. The molecule has 2 aromatic heterocycles. The van der Waals surface area contributed by atoms with E-state index in [4.69, 9.17) is 9.26 Å². The summed E-state index contributed by atoms with van der Waals surface area (Å²) in [7, 11) is -2.49. The number of thiophene rings is 1. The quantitative estimate of drug-likeness (QED) is 0.245. The van der Waals surface area contributed by atoms with E-state index in [1.54, 1.807) is 12.1 Å². The summed E-state index contributed by atoms with van der Waals surface area (Å²) in [5.74, 6) is -0.595. The normalized spacial score (nSPS) is 22.2. The van der Waals surface area contributed by atoms with E-state index in [1.807, 2.05) is 35.3 Å². The fraction of sp³-hybridized carbons (Fsp3) is 0.263. The van der Waals surface area contributed by atoms with Crippen LogP contribution in [0.2, 0.25) is 0 Å². The molecule has 2 atom stereocenters. The van der Waals surface area contributed by atoms with Gasteiger partial charge in [0.25, 0.3) is 0 Å². The number of benzene rings is 1. The first-order valence-electron chi connectivity index (χ1n) is 8.75. The predicted octanol–water partition coefficient (Wildman–Crippen LogP) is 3.50. The Morgan fingerprint density at radius 2 is 2.07 bits per heavy atom. The topological polar surface area (TPSA) is 119 Å². The summed E-state index contributed by atoms with van der Waals surface area (Å²) in [5.41, 5.74) is 1.36. The second-order valence-corrected chi connectivity index (χ2v) is 15.5. The summed E-state index contributed by atoms with van der Waals surface area (Å²) in [4.78, 5) is 14.7. The first kappa shape index (κ1) is 21.4. The number of nitrogens with zero attached hydrogens (tertiary/aromatic N) is 1. The van der Waals surface area contributed by atoms with E-state index in [9.17, 15) is 18.3 Å². The fourth-order valence-corrected chi connectivity index (χ4v) is 14.5. The van der Waals surface area contributed by atoms with Crippen LogP contribution >= 0.6 is 31.2 Å². The number of hydrogen-bond acceptors (Lipinski definition) is 7. The van der Waals surface area contributed by atoms with E-state index in [1.165, 1.54) is 13.2 Å². The van der Waals surface area contributed by atoms with Crippen molar-refractivity contribution in [3.63, 3.8) is 0 Å². The van der Waals surface area contributed by atoms with Crippen molar-refractivity contribution in [2.75, 3.05) is 12.0 Å². The molecule has 160 valence electrons. The molecule has 0 unspecified atom stereocenters. The van der Waals surface area contributed by atoms with Gasteiger partial charge in [0.15, 0.2) is 0 Å². The number of carboxylic acid groups (broad SMARTS) is 1. The molecule has 1 aromatic carbocycles. The zero-order chi connectivity index (χ0) is 21.5. The van der Waals surface area contributed by atoms with Crippen molar-refractivity contribution in [3.05, 3.63) is 59.9 Å². The monoisotopic (exact) mass is 562 g/mol. The van der Waals surface area contributed by atoms with Crippen LogP contribution in [0.3, 0.4) is 0 Å². The number of carboxylic acids is 1. The Morgan fingerprint density at radius 3 is 2.73 bits per heavy atom. The average Bonchev–Trinajstić information content (AvgIpc) is 3.12. The zero-order valence-electron chi connectivity index (χ0n) is 16.0. The molecule has 3 aromatic rings. The number of ether oxygens (including phenoxy) is 1. The number of sulfonamides is 1. The second kappa shape index (κ2) is 8.04. The molecule has 11 heteroatoms. The number of rotatable bonds is 8. The van der Waals surface area contributed by atoms with E-state index in [-0.39, 0.29) is 14.7 Å². The first-order chi connectivity index (χ1) is 14.3. The van der Waals surface area contributed by atoms with Gasteiger partial charge in [-0.1, -0.05) is 0 Å². The number of methoxy groups -OCH3 is 1. The van der Waals surface area contributed by atoms with Crippen molar-refractivity contribution >= 4 is 47.1 Å². The molecule has 30 heavy (non-hydrogen) atoms. The van der Waals surface area contributed by atoms with E-state index in [0.29, 0.717) is 16.3 Å². The van der Waals surface area contributed by atoms with Crippen LogP contribution in [-0.4, -0.2) is 40.2 Å². The Morgan fingerprint density at radius 1 is 1.33 bits per heavy atom. The third-order valence-corrected chi connectivity index (χ3v) is 15.0. The van der Waals surface area contributed by atoms with Gasteiger partial charge >= 0.3 is 185 Å². The Bertz CT molecular complexity index is 1180. The minimum absolute atomic E-state index is 0.0393. The fourth-order valence-electron chi connectivity index (χ4n) is 3.27. The molecule has 2 N–H and O–H groups in total. The van der Waals surface area contributed by atoms with Crippen molar-refractivity contribution in [3.8, 4) is 10.6 Å². The third kappa shape index (κ3) is 3.68. The van der Waals surface area contributed by atoms with Crippen LogP contribution < -0.4 is 4.72 Å². The Labute approximate surface area is 184 Å². The average molecular weight is 562 g/mol. The summed E-state index contributed by atoms with van der Waals surface area (Å²) >= 11 is -1.13. The van der Waals surface area contributed by atoms with E-state index >= 15 is 0 Å². The SMILES string of the molecule is COCc1cc(-c2ccc(S(=O)(=O)N[C@]3(C(=O)O)[C@@H](c4ccccc4)I3C)s2)no1. The number of halogens is 1. The summed E-state index contributed by atoms with van der Waals surface area (Å²) in [6.07, 6.45) is 0. The van der Waals surface area contributed by atoms with Crippen molar-refractivity contribution < 1.29 is 27.6 Å². The molecule has 0 bridgehead atoms. The van der Waals surface area contributed by atoms with Crippen LogP contribution in [0.1, 0.15) is 15.2 Å². The molecule has 1 aliphatic rings. The Balaban J connectivity index is 1.61. The van der Waals surface area contributed by atoms with Crippen LogP contribution in [0, 0.1) is 0 Å². The van der Waals surface area contributed by atoms with Gasteiger partial charge in [0.05, 0.1) is 0 Å².